The smallest absolute Gasteiger partial charge is 0.256 e. The minimum Gasteiger partial charge on any atom is -0.340 e. The van der Waals surface area contributed by atoms with Crippen LogP contribution in [0.15, 0.2) is 75.7 Å². The van der Waals surface area contributed by atoms with Gasteiger partial charge < -0.3 is 9.84 Å². The molecule has 0 unspecified atom stereocenters. The van der Waals surface area contributed by atoms with Crippen LogP contribution >= 0.6 is 23.1 Å². The maximum atomic E-state index is 12.9. The molecule has 1 amide bonds. The molecule has 7 nitrogen and oxygen atoms in total. The number of benzene rings is 2. The molecule has 0 saturated carbocycles. The van der Waals surface area contributed by atoms with E-state index in [0.29, 0.717) is 23.0 Å². The number of hydrogen-bond donors (Lipinski definition) is 1. The van der Waals surface area contributed by atoms with Crippen LogP contribution in [0.4, 0.5) is 5.69 Å². The van der Waals surface area contributed by atoms with Gasteiger partial charge in [-0.3, -0.25) is 9.20 Å². The molecule has 1 N–H and O–H groups in total. The highest BCUT2D eigenvalue weighted by Crippen LogP contribution is 2.27. The molecule has 0 saturated heterocycles. The first-order valence-corrected chi connectivity index (χ1v) is 11.4. The highest BCUT2D eigenvalue weighted by molar-refractivity contribution is 7.98. The molecule has 0 aliphatic rings. The fourth-order valence-electron chi connectivity index (χ4n) is 3.11. The van der Waals surface area contributed by atoms with E-state index in [0.717, 1.165) is 26.8 Å². The Bertz CT molecular complexity index is 1330. The number of carbonyl (C=O) groups is 1. The van der Waals surface area contributed by atoms with E-state index in [1.165, 1.54) is 11.8 Å². The van der Waals surface area contributed by atoms with Crippen molar-refractivity contribution < 1.29 is 9.32 Å². The van der Waals surface area contributed by atoms with Crippen LogP contribution < -0.4 is 5.32 Å². The number of thiazole rings is 1. The largest absolute Gasteiger partial charge is 0.340 e. The monoisotopic (exact) mass is 447 g/mol. The second-order valence-corrected chi connectivity index (χ2v) is 8.66. The Kier molecular flexibility index (Phi) is 5.27. The Balaban J connectivity index is 1.29. The molecule has 5 aromatic rings. The molecule has 0 radical (unpaired) electrons. The number of anilines is 1. The number of fused-ring (bicyclic) bond motifs is 1. The van der Waals surface area contributed by atoms with Crippen LogP contribution in [0.25, 0.3) is 16.2 Å². The van der Waals surface area contributed by atoms with Gasteiger partial charge in [-0.15, -0.1) is 23.1 Å². The lowest BCUT2D eigenvalue weighted by Gasteiger charge is -2.10. The molecule has 3 aromatic heterocycles. The van der Waals surface area contributed by atoms with Crippen molar-refractivity contribution in [1.29, 1.82) is 0 Å². The van der Waals surface area contributed by atoms with Gasteiger partial charge in [-0.05, 0) is 24.3 Å². The van der Waals surface area contributed by atoms with Gasteiger partial charge in [-0.2, -0.15) is 4.98 Å². The van der Waals surface area contributed by atoms with Crippen molar-refractivity contribution in [2.75, 3.05) is 5.32 Å². The molecule has 5 rings (SSSR count). The number of imidazole rings is 1. The third-order valence-corrected chi connectivity index (χ3v) is 6.43. The van der Waals surface area contributed by atoms with Crippen LogP contribution in [0.3, 0.4) is 0 Å². The van der Waals surface area contributed by atoms with Gasteiger partial charge in [-0.25, -0.2) is 4.98 Å². The first-order valence-electron chi connectivity index (χ1n) is 9.51. The molecule has 9 heteroatoms. The topological polar surface area (TPSA) is 85.3 Å². The minimum atomic E-state index is -0.164. The fourth-order valence-corrected chi connectivity index (χ4v) is 4.70. The Hall–Kier alpha value is -3.43. The number of carbonyl (C=O) groups excluding carboxylic acids is 1. The van der Waals surface area contributed by atoms with Gasteiger partial charge in [0.1, 0.15) is 0 Å². The van der Waals surface area contributed by atoms with E-state index in [-0.39, 0.29) is 5.91 Å². The quantitative estimate of drug-likeness (QED) is 0.356. The number of aromatic nitrogens is 4. The predicted octanol–water partition coefficient (Wildman–Crippen LogP) is 5.30. The number of nitrogens with zero attached hydrogens (tertiary/aromatic N) is 4. The Morgan fingerprint density at radius 3 is 2.77 bits per heavy atom. The van der Waals surface area contributed by atoms with Crippen molar-refractivity contribution in [1.82, 2.24) is 19.5 Å². The van der Waals surface area contributed by atoms with Gasteiger partial charge in [0.15, 0.2) is 10.8 Å². The van der Waals surface area contributed by atoms with Gasteiger partial charge in [0.25, 0.3) is 5.91 Å². The van der Waals surface area contributed by atoms with Crippen LogP contribution in [0.5, 0.6) is 0 Å². The lowest BCUT2D eigenvalue weighted by atomic mass is 10.1. The summed E-state index contributed by atoms with van der Waals surface area (Å²) in [6.45, 7) is 1.75. The van der Waals surface area contributed by atoms with E-state index in [4.69, 9.17) is 4.52 Å². The summed E-state index contributed by atoms with van der Waals surface area (Å²) in [5.74, 6) is 1.49. The van der Waals surface area contributed by atoms with Crippen LogP contribution in [0.1, 0.15) is 22.1 Å². The highest BCUT2D eigenvalue weighted by atomic mass is 32.2. The van der Waals surface area contributed by atoms with E-state index in [1.54, 1.807) is 18.3 Å². The summed E-state index contributed by atoms with van der Waals surface area (Å²) in [6, 6.07) is 15.2. The number of aryl methyl sites for hydroxylation is 1. The zero-order chi connectivity index (χ0) is 21.2. The van der Waals surface area contributed by atoms with Gasteiger partial charge in [0, 0.05) is 40.8 Å². The standard InChI is InChI=1S/C22H17N5O2S2/c1-14-23-20(26-29-14)13-31-19-5-3-2-4-17(19)21(28)24-16-8-6-15(7-9-16)18-12-27-10-11-30-22(27)25-18/h2-12H,13H2,1H3,(H,24,28). The number of amides is 1. The van der Waals surface area contributed by atoms with E-state index in [1.807, 2.05) is 70.7 Å². The van der Waals surface area contributed by atoms with E-state index in [9.17, 15) is 4.79 Å². The Morgan fingerprint density at radius 1 is 1.16 bits per heavy atom. The SMILES string of the molecule is Cc1nc(CSc2ccccc2C(=O)Nc2ccc(-c3cn4ccsc4n3)cc2)no1. The molecular weight excluding hydrogens is 430 g/mol. The second kappa shape index (κ2) is 8.37. The lowest BCUT2D eigenvalue weighted by molar-refractivity contribution is 0.102. The zero-order valence-electron chi connectivity index (χ0n) is 16.5. The first kappa shape index (κ1) is 19.5. The zero-order valence-corrected chi connectivity index (χ0v) is 18.1. The minimum absolute atomic E-state index is 0.164. The molecule has 3 heterocycles. The Morgan fingerprint density at radius 2 is 2.00 bits per heavy atom. The fraction of sp³-hybridized carbons (Fsp3) is 0.0909. The molecule has 0 atom stereocenters. The molecule has 0 spiro atoms. The number of hydrogen-bond acceptors (Lipinski definition) is 7. The molecule has 0 bridgehead atoms. The molecule has 0 aliphatic carbocycles. The number of thioether (sulfide) groups is 1. The summed E-state index contributed by atoms with van der Waals surface area (Å²) < 4.78 is 7.00. The summed E-state index contributed by atoms with van der Waals surface area (Å²) in [4.78, 5) is 23.5. The summed E-state index contributed by atoms with van der Waals surface area (Å²) in [7, 11) is 0. The average Bonchev–Trinajstić information content (AvgIpc) is 3.49. The third kappa shape index (κ3) is 4.23. The normalized spacial score (nSPS) is 11.1. The van der Waals surface area contributed by atoms with Gasteiger partial charge in [-0.1, -0.05) is 29.4 Å². The van der Waals surface area contributed by atoms with E-state index in [2.05, 4.69) is 20.4 Å². The second-order valence-electron chi connectivity index (χ2n) is 6.76. The van der Waals surface area contributed by atoms with Crippen LogP contribution in [0.2, 0.25) is 0 Å². The van der Waals surface area contributed by atoms with Crippen molar-refractivity contribution >= 4 is 39.7 Å². The number of nitrogens with one attached hydrogen (secondary N) is 1. The lowest BCUT2D eigenvalue weighted by Crippen LogP contribution is -2.12. The molecule has 31 heavy (non-hydrogen) atoms. The molecular formula is C22H17N5O2S2. The van der Waals surface area contributed by atoms with Crippen LogP contribution in [0, 0.1) is 6.92 Å². The van der Waals surface area contributed by atoms with Gasteiger partial charge >= 0.3 is 0 Å². The van der Waals surface area contributed by atoms with Gasteiger partial charge in [0.2, 0.25) is 5.89 Å². The molecule has 0 aliphatic heterocycles. The summed E-state index contributed by atoms with van der Waals surface area (Å²) in [6.07, 6.45) is 3.98. The molecule has 0 fully saturated rings. The van der Waals surface area contributed by atoms with E-state index >= 15 is 0 Å². The highest BCUT2D eigenvalue weighted by Gasteiger charge is 2.13. The Labute approximate surface area is 186 Å². The van der Waals surface area contributed by atoms with Crippen molar-refractivity contribution in [3.63, 3.8) is 0 Å². The van der Waals surface area contributed by atoms with Crippen molar-refractivity contribution in [3.8, 4) is 11.3 Å². The maximum Gasteiger partial charge on any atom is 0.256 e. The van der Waals surface area contributed by atoms with Crippen molar-refractivity contribution in [2.45, 2.75) is 17.6 Å². The number of rotatable bonds is 6. The predicted molar refractivity (Wildman–Crippen MR) is 121 cm³/mol. The maximum absolute atomic E-state index is 12.9. The van der Waals surface area contributed by atoms with Crippen molar-refractivity contribution in [3.05, 3.63) is 83.6 Å². The summed E-state index contributed by atoms with van der Waals surface area (Å²) in [5.41, 5.74) is 3.23. The third-order valence-electron chi connectivity index (χ3n) is 4.59. The van der Waals surface area contributed by atoms with Crippen molar-refractivity contribution in [2.24, 2.45) is 0 Å². The van der Waals surface area contributed by atoms with E-state index < -0.39 is 0 Å². The van der Waals surface area contributed by atoms with Gasteiger partial charge in [0.05, 0.1) is 17.0 Å². The molecule has 2 aromatic carbocycles. The van der Waals surface area contributed by atoms with Crippen LogP contribution in [-0.2, 0) is 5.75 Å². The average molecular weight is 448 g/mol. The summed E-state index contributed by atoms with van der Waals surface area (Å²) in [5, 5.41) is 8.88. The first-order chi connectivity index (χ1) is 15.2. The molecule has 154 valence electrons. The van der Waals surface area contributed by atoms with Crippen LogP contribution in [-0.4, -0.2) is 25.4 Å². The summed E-state index contributed by atoms with van der Waals surface area (Å²) >= 11 is 3.10.